The molecule has 1 aromatic rings. The summed E-state index contributed by atoms with van der Waals surface area (Å²) in [5, 5.41) is 2.97. The summed E-state index contributed by atoms with van der Waals surface area (Å²) >= 11 is 0. The molecule has 1 N–H and O–H groups in total. The highest BCUT2D eigenvalue weighted by Crippen LogP contribution is 2.18. The number of ether oxygens (including phenoxy) is 1. The van der Waals surface area contributed by atoms with Crippen LogP contribution in [0.25, 0.3) is 0 Å². The number of hydrogen-bond acceptors (Lipinski definition) is 5. The van der Waals surface area contributed by atoms with Gasteiger partial charge in [0.25, 0.3) is 5.91 Å². The van der Waals surface area contributed by atoms with Crippen molar-refractivity contribution in [3.8, 4) is 0 Å². The molecule has 2 heterocycles. The van der Waals surface area contributed by atoms with Crippen molar-refractivity contribution in [3.05, 3.63) is 29.8 Å². The van der Waals surface area contributed by atoms with Crippen LogP contribution in [-0.2, 0) is 14.8 Å². The van der Waals surface area contributed by atoms with Gasteiger partial charge in [-0.1, -0.05) is 6.92 Å². The predicted molar refractivity (Wildman–Crippen MR) is 98.6 cm³/mol. The quantitative estimate of drug-likeness (QED) is 0.793. The number of likely N-dealkylation sites (N-methyl/N-ethyl adjacent to an activating group) is 1. The monoisotopic (exact) mass is 381 g/mol. The molecule has 0 spiro atoms. The first kappa shape index (κ1) is 19.3. The lowest BCUT2D eigenvalue weighted by atomic mass is 10.2. The molecule has 1 atom stereocenters. The molecule has 0 bridgehead atoms. The van der Waals surface area contributed by atoms with Gasteiger partial charge < -0.3 is 10.1 Å². The van der Waals surface area contributed by atoms with E-state index in [0.29, 0.717) is 44.5 Å². The highest BCUT2D eigenvalue weighted by atomic mass is 32.2. The van der Waals surface area contributed by atoms with Crippen LogP contribution in [0.4, 0.5) is 0 Å². The number of amides is 1. The number of hydrogen-bond donors (Lipinski definition) is 1. The summed E-state index contributed by atoms with van der Waals surface area (Å²) in [4.78, 5) is 14.9. The van der Waals surface area contributed by atoms with Gasteiger partial charge in [0.05, 0.1) is 18.1 Å². The van der Waals surface area contributed by atoms with Crippen LogP contribution in [0.2, 0.25) is 0 Å². The van der Waals surface area contributed by atoms with Crippen molar-refractivity contribution in [3.63, 3.8) is 0 Å². The molecular weight excluding hydrogens is 354 g/mol. The number of nitrogens with zero attached hydrogens (tertiary/aromatic N) is 2. The van der Waals surface area contributed by atoms with Crippen LogP contribution in [0.5, 0.6) is 0 Å². The third kappa shape index (κ3) is 4.25. The molecule has 7 nitrogen and oxygen atoms in total. The molecule has 2 saturated heterocycles. The SMILES string of the molecule is CCN1CCCC1CNC(=O)c1ccc(S(=O)(=O)N2CCOCC2)cc1. The molecule has 0 aliphatic carbocycles. The molecule has 8 heteroatoms. The zero-order valence-corrected chi connectivity index (χ0v) is 16.0. The minimum atomic E-state index is -3.53. The minimum Gasteiger partial charge on any atom is -0.379 e. The molecule has 0 saturated carbocycles. The Hall–Kier alpha value is -1.48. The van der Waals surface area contributed by atoms with Gasteiger partial charge in [0.15, 0.2) is 0 Å². The molecule has 26 heavy (non-hydrogen) atoms. The normalized spacial score (nSPS) is 22.4. The van der Waals surface area contributed by atoms with Crippen molar-refractivity contribution in [2.24, 2.45) is 0 Å². The van der Waals surface area contributed by atoms with Crippen molar-refractivity contribution in [2.45, 2.75) is 30.7 Å². The number of carbonyl (C=O) groups excluding carboxylic acids is 1. The molecule has 1 aromatic carbocycles. The largest absolute Gasteiger partial charge is 0.379 e. The number of benzene rings is 1. The summed E-state index contributed by atoms with van der Waals surface area (Å²) in [5.74, 6) is -0.164. The number of sulfonamides is 1. The molecule has 0 radical (unpaired) electrons. The molecule has 144 valence electrons. The van der Waals surface area contributed by atoms with E-state index in [2.05, 4.69) is 17.1 Å². The number of carbonyl (C=O) groups is 1. The highest BCUT2D eigenvalue weighted by molar-refractivity contribution is 7.89. The lowest BCUT2D eigenvalue weighted by molar-refractivity contribution is 0.0730. The van der Waals surface area contributed by atoms with Crippen LogP contribution < -0.4 is 5.32 Å². The van der Waals surface area contributed by atoms with Crippen molar-refractivity contribution in [1.29, 1.82) is 0 Å². The van der Waals surface area contributed by atoms with E-state index in [-0.39, 0.29) is 10.8 Å². The Morgan fingerprint density at radius 2 is 1.88 bits per heavy atom. The maximum absolute atomic E-state index is 12.6. The fourth-order valence-electron chi connectivity index (χ4n) is 3.57. The Balaban J connectivity index is 1.60. The fourth-order valence-corrected chi connectivity index (χ4v) is 4.98. The van der Waals surface area contributed by atoms with Gasteiger partial charge in [-0.3, -0.25) is 9.69 Å². The van der Waals surface area contributed by atoms with Gasteiger partial charge in [0.1, 0.15) is 0 Å². The van der Waals surface area contributed by atoms with Gasteiger partial charge in [-0.15, -0.1) is 0 Å². The topological polar surface area (TPSA) is 79.0 Å². The second-order valence-corrected chi connectivity index (χ2v) is 8.61. The van der Waals surface area contributed by atoms with Gasteiger partial charge in [-0.25, -0.2) is 8.42 Å². The molecule has 2 aliphatic heterocycles. The van der Waals surface area contributed by atoms with Crippen LogP contribution in [-0.4, -0.2) is 75.5 Å². The van der Waals surface area contributed by atoms with E-state index in [9.17, 15) is 13.2 Å². The van der Waals surface area contributed by atoms with E-state index in [0.717, 1.165) is 19.5 Å². The standard InChI is InChI=1S/C18H27N3O4S/c1-2-20-9-3-4-16(20)14-19-18(22)15-5-7-17(8-6-15)26(23,24)21-10-12-25-13-11-21/h5-8,16H,2-4,9-14H2,1H3,(H,19,22). The summed E-state index contributed by atoms with van der Waals surface area (Å²) < 4.78 is 31.8. The molecule has 3 rings (SSSR count). The average Bonchev–Trinajstić information content (AvgIpc) is 3.14. The Morgan fingerprint density at radius 1 is 1.19 bits per heavy atom. The van der Waals surface area contributed by atoms with Crippen molar-refractivity contribution < 1.29 is 17.9 Å². The van der Waals surface area contributed by atoms with E-state index >= 15 is 0 Å². The fraction of sp³-hybridized carbons (Fsp3) is 0.611. The highest BCUT2D eigenvalue weighted by Gasteiger charge is 2.27. The second kappa shape index (κ2) is 8.47. The maximum Gasteiger partial charge on any atom is 0.251 e. The van der Waals surface area contributed by atoms with Crippen LogP contribution in [0.15, 0.2) is 29.2 Å². The van der Waals surface area contributed by atoms with Crippen molar-refractivity contribution in [1.82, 2.24) is 14.5 Å². The molecular formula is C18H27N3O4S. The van der Waals surface area contributed by atoms with Crippen LogP contribution >= 0.6 is 0 Å². The van der Waals surface area contributed by atoms with Gasteiger partial charge in [-0.2, -0.15) is 4.31 Å². The first-order valence-corrected chi connectivity index (χ1v) is 10.7. The Kier molecular flexibility index (Phi) is 6.29. The van der Waals surface area contributed by atoms with Crippen molar-refractivity contribution in [2.75, 3.05) is 45.9 Å². The number of nitrogens with one attached hydrogen (secondary N) is 1. The Bertz CT molecular complexity index is 714. The number of likely N-dealkylation sites (tertiary alicyclic amines) is 1. The van der Waals surface area contributed by atoms with Crippen LogP contribution in [0.1, 0.15) is 30.1 Å². The summed E-state index contributed by atoms with van der Waals surface area (Å²) in [6, 6.07) is 6.57. The van der Waals surface area contributed by atoms with E-state index in [1.807, 2.05) is 0 Å². The minimum absolute atomic E-state index is 0.164. The molecule has 2 fully saturated rings. The van der Waals surface area contributed by atoms with Gasteiger partial charge in [0.2, 0.25) is 10.0 Å². The summed E-state index contributed by atoms with van der Waals surface area (Å²) in [6.07, 6.45) is 2.27. The van der Waals surface area contributed by atoms with E-state index in [1.54, 1.807) is 12.1 Å². The van der Waals surface area contributed by atoms with Crippen LogP contribution in [0.3, 0.4) is 0 Å². The van der Waals surface area contributed by atoms with Gasteiger partial charge in [0, 0.05) is 31.2 Å². The van der Waals surface area contributed by atoms with Gasteiger partial charge >= 0.3 is 0 Å². The third-order valence-electron chi connectivity index (χ3n) is 5.13. The maximum atomic E-state index is 12.6. The summed E-state index contributed by atoms with van der Waals surface area (Å²) in [6.45, 7) is 6.39. The zero-order valence-electron chi connectivity index (χ0n) is 15.2. The Labute approximate surface area is 155 Å². The molecule has 1 amide bonds. The smallest absolute Gasteiger partial charge is 0.251 e. The summed E-state index contributed by atoms with van der Waals surface area (Å²) in [5.41, 5.74) is 0.479. The molecule has 2 aliphatic rings. The first-order valence-electron chi connectivity index (χ1n) is 9.22. The average molecular weight is 381 g/mol. The van der Waals surface area contributed by atoms with Crippen LogP contribution in [0, 0.1) is 0 Å². The van der Waals surface area contributed by atoms with Crippen molar-refractivity contribution >= 4 is 15.9 Å². The lowest BCUT2D eigenvalue weighted by Crippen LogP contribution is -2.40. The molecule has 1 unspecified atom stereocenters. The molecule has 0 aromatic heterocycles. The van der Waals surface area contributed by atoms with E-state index in [1.165, 1.54) is 22.9 Å². The Morgan fingerprint density at radius 3 is 2.54 bits per heavy atom. The van der Waals surface area contributed by atoms with E-state index < -0.39 is 10.0 Å². The zero-order chi connectivity index (χ0) is 18.6. The number of rotatable bonds is 6. The summed E-state index contributed by atoms with van der Waals surface area (Å²) in [7, 11) is -3.53. The lowest BCUT2D eigenvalue weighted by Gasteiger charge is -2.26. The third-order valence-corrected chi connectivity index (χ3v) is 7.04. The van der Waals surface area contributed by atoms with E-state index in [4.69, 9.17) is 4.74 Å². The predicted octanol–water partition coefficient (Wildman–Crippen LogP) is 0.922. The van der Waals surface area contributed by atoms with Gasteiger partial charge in [-0.05, 0) is 50.2 Å². The first-order chi connectivity index (χ1) is 12.5. The second-order valence-electron chi connectivity index (χ2n) is 6.68. The number of morpholine rings is 1.